The van der Waals surface area contributed by atoms with Gasteiger partial charge in [-0.05, 0) is 42.8 Å². The monoisotopic (exact) mass is 327 g/mol. The van der Waals surface area contributed by atoms with Crippen molar-refractivity contribution in [1.29, 1.82) is 0 Å². The van der Waals surface area contributed by atoms with E-state index in [0.29, 0.717) is 0 Å². The zero-order chi connectivity index (χ0) is 17.4. The maximum Gasteiger partial charge on any atom is 0.257 e. The average molecular weight is 327 g/mol. The molecule has 6 heteroatoms. The third-order valence-corrected chi connectivity index (χ3v) is 3.10. The highest BCUT2D eigenvalue weighted by molar-refractivity contribution is 5.96. The maximum absolute atomic E-state index is 12.8. The molecule has 0 unspecified atom stereocenters. The molecule has 0 aliphatic rings. The molecule has 0 bridgehead atoms. The van der Waals surface area contributed by atoms with Crippen molar-refractivity contribution in [2.75, 3.05) is 6.54 Å². The first-order valence-electron chi connectivity index (χ1n) is 7.36. The first-order valence-corrected chi connectivity index (χ1v) is 7.36. The fourth-order valence-corrected chi connectivity index (χ4v) is 1.91. The summed E-state index contributed by atoms with van der Waals surface area (Å²) in [7, 11) is 0. The van der Waals surface area contributed by atoms with Crippen molar-refractivity contribution in [3.05, 3.63) is 77.2 Å². The van der Waals surface area contributed by atoms with E-state index >= 15 is 0 Å². The van der Waals surface area contributed by atoms with Gasteiger partial charge in [-0.2, -0.15) is 0 Å². The minimum atomic E-state index is -0.443. The number of benzene rings is 2. The molecule has 2 rings (SSSR count). The Labute approximate surface area is 139 Å². The van der Waals surface area contributed by atoms with Gasteiger partial charge in [-0.1, -0.05) is 30.3 Å². The van der Waals surface area contributed by atoms with Crippen molar-refractivity contribution in [3.8, 4) is 0 Å². The molecular weight excluding hydrogens is 309 g/mol. The zero-order valence-corrected chi connectivity index (χ0v) is 13.2. The standard InChI is InChI=1S/C18H18FN3O2/c1-13(11-14-5-3-2-4-6-14)21-22-17(23)12-20-18(24)15-7-9-16(19)10-8-15/h2-11,21H,12H2,1H3,(H,20,24)(H,22,23). The molecule has 2 aromatic carbocycles. The van der Waals surface area contributed by atoms with Gasteiger partial charge in [-0.25, -0.2) is 4.39 Å². The molecule has 0 spiro atoms. The Hall–Kier alpha value is -3.15. The highest BCUT2D eigenvalue weighted by Crippen LogP contribution is 2.03. The normalized spacial score (nSPS) is 10.8. The van der Waals surface area contributed by atoms with Crippen LogP contribution in [-0.4, -0.2) is 18.4 Å². The number of allylic oxidation sites excluding steroid dienone is 1. The second-order valence-corrected chi connectivity index (χ2v) is 5.10. The topological polar surface area (TPSA) is 70.2 Å². The summed E-state index contributed by atoms with van der Waals surface area (Å²) >= 11 is 0. The average Bonchev–Trinajstić information content (AvgIpc) is 2.59. The second-order valence-electron chi connectivity index (χ2n) is 5.10. The van der Waals surface area contributed by atoms with Crippen molar-refractivity contribution in [3.63, 3.8) is 0 Å². The Kier molecular flexibility index (Phi) is 6.08. The zero-order valence-electron chi connectivity index (χ0n) is 13.2. The highest BCUT2D eigenvalue weighted by Gasteiger charge is 2.07. The fourth-order valence-electron chi connectivity index (χ4n) is 1.91. The molecule has 0 saturated heterocycles. The van der Waals surface area contributed by atoms with Gasteiger partial charge in [0.1, 0.15) is 5.82 Å². The van der Waals surface area contributed by atoms with E-state index in [1.165, 1.54) is 24.3 Å². The Morgan fingerprint density at radius 2 is 1.67 bits per heavy atom. The number of carbonyl (C=O) groups is 2. The van der Waals surface area contributed by atoms with Gasteiger partial charge in [-0.3, -0.25) is 15.0 Å². The van der Waals surface area contributed by atoms with Crippen LogP contribution >= 0.6 is 0 Å². The van der Waals surface area contributed by atoms with Gasteiger partial charge in [0.2, 0.25) is 0 Å². The highest BCUT2D eigenvalue weighted by atomic mass is 19.1. The van der Waals surface area contributed by atoms with E-state index in [-0.39, 0.29) is 12.1 Å². The quantitative estimate of drug-likeness (QED) is 0.713. The summed E-state index contributed by atoms with van der Waals surface area (Å²) in [4.78, 5) is 23.5. The molecule has 0 radical (unpaired) electrons. The summed E-state index contributed by atoms with van der Waals surface area (Å²) in [5, 5.41) is 2.46. The Bertz CT molecular complexity index is 728. The predicted octanol–water partition coefficient (Wildman–Crippen LogP) is 2.24. The number of hydrazine groups is 1. The van der Waals surface area contributed by atoms with Crippen LogP contribution in [0.2, 0.25) is 0 Å². The molecule has 24 heavy (non-hydrogen) atoms. The minimum Gasteiger partial charge on any atom is -0.343 e. The van der Waals surface area contributed by atoms with Gasteiger partial charge < -0.3 is 10.7 Å². The lowest BCUT2D eigenvalue weighted by molar-refractivity contribution is -0.120. The van der Waals surface area contributed by atoms with Crippen LogP contribution < -0.4 is 16.2 Å². The van der Waals surface area contributed by atoms with Crippen LogP contribution in [0.5, 0.6) is 0 Å². The Balaban J connectivity index is 1.76. The molecule has 0 aromatic heterocycles. The molecule has 124 valence electrons. The SMILES string of the molecule is CC(=Cc1ccccc1)NNC(=O)CNC(=O)c1ccc(F)cc1. The van der Waals surface area contributed by atoms with E-state index in [0.717, 1.165) is 11.3 Å². The lowest BCUT2D eigenvalue weighted by Gasteiger charge is -2.10. The molecule has 2 aromatic rings. The summed E-state index contributed by atoms with van der Waals surface area (Å²) in [6, 6.07) is 14.7. The van der Waals surface area contributed by atoms with Gasteiger partial charge in [0, 0.05) is 11.3 Å². The van der Waals surface area contributed by atoms with Crippen LogP contribution in [-0.2, 0) is 4.79 Å². The van der Waals surface area contributed by atoms with Gasteiger partial charge in [0.05, 0.1) is 6.54 Å². The lowest BCUT2D eigenvalue weighted by atomic mass is 10.2. The van der Waals surface area contributed by atoms with E-state index in [1.54, 1.807) is 0 Å². The van der Waals surface area contributed by atoms with Crippen LogP contribution in [0.1, 0.15) is 22.8 Å². The summed E-state index contributed by atoms with van der Waals surface area (Å²) in [6.07, 6.45) is 1.87. The second kappa shape index (κ2) is 8.47. The van der Waals surface area contributed by atoms with E-state index in [1.807, 2.05) is 43.3 Å². The number of hydrogen-bond donors (Lipinski definition) is 3. The van der Waals surface area contributed by atoms with Gasteiger partial charge >= 0.3 is 0 Å². The molecule has 0 heterocycles. The van der Waals surface area contributed by atoms with Crippen molar-refractivity contribution in [1.82, 2.24) is 16.2 Å². The van der Waals surface area contributed by atoms with E-state index in [9.17, 15) is 14.0 Å². The third-order valence-electron chi connectivity index (χ3n) is 3.10. The molecule has 2 amide bonds. The fraction of sp³-hybridized carbons (Fsp3) is 0.111. The van der Waals surface area contributed by atoms with E-state index in [4.69, 9.17) is 0 Å². The molecule has 0 aliphatic carbocycles. The third kappa shape index (κ3) is 5.57. The number of halogens is 1. The largest absolute Gasteiger partial charge is 0.343 e. The van der Waals surface area contributed by atoms with Crippen LogP contribution in [0.4, 0.5) is 4.39 Å². The summed E-state index contributed by atoms with van der Waals surface area (Å²) < 4.78 is 12.8. The van der Waals surface area contributed by atoms with Crippen LogP contribution in [0.25, 0.3) is 6.08 Å². The molecule has 0 aliphatic heterocycles. The lowest BCUT2D eigenvalue weighted by Crippen LogP contribution is -2.43. The molecule has 0 fully saturated rings. The van der Waals surface area contributed by atoms with Crippen LogP contribution in [0.3, 0.4) is 0 Å². The smallest absolute Gasteiger partial charge is 0.257 e. The summed E-state index contributed by atoms with van der Waals surface area (Å²) in [5.41, 5.74) is 7.29. The number of carbonyl (C=O) groups excluding carboxylic acids is 2. The van der Waals surface area contributed by atoms with Crippen molar-refractivity contribution in [2.45, 2.75) is 6.92 Å². The number of nitrogens with one attached hydrogen (secondary N) is 3. The van der Waals surface area contributed by atoms with Crippen molar-refractivity contribution in [2.24, 2.45) is 0 Å². The van der Waals surface area contributed by atoms with Gasteiger partial charge in [0.15, 0.2) is 0 Å². The Morgan fingerprint density at radius 3 is 2.33 bits per heavy atom. The number of hydrogen-bond acceptors (Lipinski definition) is 3. The molecular formula is C18H18FN3O2. The number of amides is 2. The Morgan fingerprint density at radius 1 is 1.00 bits per heavy atom. The van der Waals surface area contributed by atoms with Gasteiger partial charge in [-0.15, -0.1) is 0 Å². The summed E-state index contributed by atoms with van der Waals surface area (Å²) in [6.45, 7) is 1.62. The molecule has 0 saturated carbocycles. The van der Waals surface area contributed by atoms with Crippen molar-refractivity contribution >= 4 is 17.9 Å². The molecule has 0 atom stereocenters. The first-order chi connectivity index (χ1) is 11.5. The molecule has 3 N–H and O–H groups in total. The maximum atomic E-state index is 12.8. The van der Waals surface area contributed by atoms with E-state index < -0.39 is 17.6 Å². The summed E-state index contributed by atoms with van der Waals surface area (Å²) in [5.74, 6) is -1.26. The van der Waals surface area contributed by atoms with Crippen LogP contribution in [0, 0.1) is 5.82 Å². The van der Waals surface area contributed by atoms with Gasteiger partial charge in [0.25, 0.3) is 11.8 Å². The first kappa shape index (κ1) is 17.2. The van der Waals surface area contributed by atoms with Crippen LogP contribution in [0.15, 0.2) is 60.3 Å². The van der Waals surface area contributed by atoms with E-state index in [2.05, 4.69) is 16.2 Å². The number of rotatable bonds is 6. The minimum absolute atomic E-state index is 0.193. The predicted molar refractivity (Wildman–Crippen MR) is 90.1 cm³/mol. The van der Waals surface area contributed by atoms with Crippen molar-refractivity contribution < 1.29 is 14.0 Å². The molecule has 5 nitrogen and oxygen atoms in total.